The monoisotopic (exact) mass is 411 g/mol. The van der Waals surface area contributed by atoms with Gasteiger partial charge in [-0.25, -0.2) is 4.98 Å². The second-order valence-electron chi connectivity index (χ2n) is 7.11. The van der Waals surface area contributed by atoms with Crippen molar-refractivity contribution in [2.45, 2.75) is 31.5 Å². The Morgan fingerprint density at radius 2 is 2.07 bits per heavy atom. The molecular weight excluding hydrogens is 393 g/mol. The Hall–Kier alpha value is -3.06. The molecule has 5 rings (SSSR count). The summed E-state index contributed by atoms with van der Waals surface area (Å²) < 4.78 is 19.7. The molecule has 12 heteroatoms. The third-order valence-electron chi connectivity index (χ3n) is 5.10. The van der Waals surface area contributed by atoms with Crippen molar-refractivity contribution in [2.24, 2.45) is 0 Å². The second-order valence-corrected chi connectivity index (χ2v) is 7.11. The number of hydrogen-bond donors (Lipinski definition) is 3. The number of imidazole rings is 1. The lowest BCUT2D eigenvalue weighted by molar-refractivity contribution is -0.114. The van der Waals surface area contributed by atoms with E-state index in [-0.39, 0.29) is 29.6 Å². The van der Waals surface area contributed by atoms with Gasteiger partial charge in [0.25, 0.3) is 5.56 Å². The first-order valence-corrected chi connectivity index (χ1v) is 9.42. The van der Waals surface area contributed by atoms with Gasteiger partial charge in [0, 0.05) is 6.92 Å². The predicted molar refractivity (Wildman–Crippen MR) is 105 cm³/mol. The molecule has 2 fully saturated rings. The van der Waals surface area contributed by atoms with Gasteiger partial charge in [0.05, 0.1) is 12.9 Å². The fraction of sp³-hybridized carbons (Fsp3) is 0.333. The Balaban J connectivity index is 1.52. The van der Waals surface area contributed by atoms with Crippen LogP contribution in [0, 0.1) is 0 Å². The third kappa shape index (κ3) is 3.10. The van der Waals surface area contributed by atoms with Gasteiger partial charge in [0.1, 0.15) is 18.3 Å². The maximum Gasteiger partial charge on any atom is 0.494 e. The molecule has 2 aliphatic rings. The van der Waals surface area contributed by atoms with Crippen LogP contribution < -0.4 is 16.3 Å². The zero-order valence-electron chi connectivity index (χ0n) is 15.9. The molecule has 1 aromatic carbocycles. The Kier molecular flexibility index (Phi) is 4.63. The van der Waals surface area contributed by atoms with Crippen LogP contribution in [0.3, 0.4) is 0 Å². The molecule has 0 radical (unpaired) electrons. The summed E-state index contributed by atoms with van der Waals surface area (Å²) in [6.07, 6.45) is -1.01. The molecule has 154 valence electrons. The summed E-state index contributed by atoms with van der Waals surface area (Å²) in [6.45, 7) is 1.05. The molecule has 4 atom stereocenters. The summed E-state index contributed by atoms with van der Waals surface area (Å²) in [5.74, 6) is -0.375. The first kappa shape index (κ1) is 18.9. The summed E-state index contributed by atoms with van der Waals surface area (Å²) in [6, 6.07) is 9.45. The van der Waals surface area contributed by atoms with E-state index in [1.165, 1.54) is 13.3 Å². The number of rotatable bonds is 4. The number of fused-ring (bicyclic) bond motifs is 2. The molecule has 0 aliphatic carbocycles. The van der Waals surface area contributed by atoms with E-state index in [1.807, 2.05) is 30.3 Å². The highest BCUT2D eigenvalue weighted by Gasteiger charge is 2.55. The van der Waals surface area contributed by atoms with Crippen LogP contribution in [0.15, 0.2) is 41.5 Å². The van der Waals surface area contributed by atoms with Gasteiger partial charge in [0.2, 0.25) is 11.9 Å². The van der Waals surface area contributed by atoms with Crippen LogP contribution in [0.4, 0.5) is 5.95 Å². The predicted octanol–water partition coefficient (Wildman–Crippen LogP) is -0.853. The van der Waals surface area contributed by atoms with Gasteiger partial charge in [0.15, 0.2) is 17.4 Å². The number of carbonyl (C=O) groups is 1. The number of aromatic amines is 1. The van der Waals surface area contributed by atoms with E-state index in [4.69, 9.17) is 14.0 Å². The fourth-order valence-electron chi connectivity index (χ4n) is 3.81. The Labute approximate surface area is 170 Å². The van der Waals surface area contributed by atoms with Crippen molar-refractivity contribution in [3.63, 3.8) is 0 Å². The van der Waals surface area contributed by atoms with Crippen molar-refractivity contribution in [3.05, 3.63) is 47.0 Å². The minimum Gasteiger partial charge on any atom is -0.399 e. The summed E-state index contributed by atoms with van der Waals surface area (Å²) in [4.78, 5) is 34.6. The summed E-state index contributed by atoms with van der Waals surface area (Å²) in [5.41, 5.74) is 0.661. The first-order valence-electron chi connectivity index (χ1n) is 9.42. The summed E-state index contributed by atoms with van der Waals surface area (Å²) >= 11 is 0. The smallest absolute Gasteiger partial charge is 0.399 e. The number of nitrogens with zero attached hydrogens (tertiary/aromatic N) is 3. The number of nitrogens with one attached hydrogen (secondary N) is 2. The molecule has 11 nitrogen and oxygen atoms in total. The maximum atomic E-state index is 12.3. The van der Waals surface area contributed by atoms with Crippen LogP contribution in [0.1, 0.15) is 13.2 Å². The van der Waals surface area contributed by atoms with E-state index in [9.17, 15) is 14.7 Å². The van der Waals surface area contributed by atoms with Crippen LogP contribution in [-0.2, 0) is 18.8 Å². The fourth-order valence-corrected chi connectivity index (χ4v) is 3.81. The second kappa shape index (κ2) is 7.33. The lowest BCUT2D eigenvalue weighted by atomic mass is 9.79. The van der Waals surface area contributed by atoms with Crippen molar-refractivity contribution < 1.29 is 23.9 Å². The Morgan fingerprint density at radius 1 is 1.30 bits per heavy atom. The number of aliphatic hydroxyl groups is 1. The van der Waals surface area contributed by atoms with Gasteiger partial charge in [-0.1, -0.05) is 30.3 Å². The Bertz CT molecular complexity index is 1150. The topological polar surface area (TPSA) is 141 Å². The zero-order valence-corrected chi connectivity index (χ0v) is 15.9. The number of H-pyrrole nitrogens is 1. The minimum atomic E-state index is -0.731. The highest BCUT2D eigenvalue weighted by atomic mass is 16.7. The normalized spacial score (nSPS) is 25.6. The Morgan fingerprint density at radius 3 is 2.80 bits per heavy atom. The molecule has 3 aromatic rings. The van der Waals surface area contributed by atoms with E-state index >= 15 is 0 Å². The molecule has 0 spiro atoms. The van der Waals surface area contributed by atoms with E-state index < -0.39 is 37.2 Å². The molecule has 1 amide bonds. The number of benzene rings is 1. The van der Waals surface area contributed by atoms with Crippen LogP contribution in [0.2, 0.25) is 0 Å². The van der Waals surface area contributed by atoms with Gasteiger partial charge in [-0.05, 0) is 5.46 Å². The average molecular weight is 411 g/mol. The van der Waals surface area contributed by atoms with Crippen molar-refractivity contribution in [3.8, 4) is 0 Å². The van der Waals surface area contributed by atoms with E-state index in [1.54, 1.807) is 4.57 Å². The standard InChI is InChI=1S/C18H18BN5O6/c1-9(26)21-18-22-15-12(16(27)23-18)20-8-24(15)17-14-13(11(7-25)28-17)29-19(30-14)10-5-3-2-4-6-10/h2-6,8,11,13-14,17,25H,7H2,1H3,(H2,21,22,23,26,27)/t11-,13+,14?,17-/m1/s1. The number of aromatic nitrogens is 4. The largest absolute Gasteiger partial charge is 0.494 e. The molecule has 2 saturated heterocycles. The number of ether oxygens (including phenoxy) is 1. The SMILES string of the molecule is CC(=O)Nc1nc2c(ncn2[C@@H]2O[C@H](CO)[C@@H]3OB(c4ccccc4)OC32)c(=O)[nH]1. The molecule has 4 heterocycles. The highest BCUT2D eigenvalue weighted by Crippen LogP contribution is 2.39. The van der Waals surface area contributed by atoms with E-state index in [0.29, 0.717) is 0 Å². The van der Waals surface area contributed by atoms with Gasteiger partial charge in [-0.3, -0.25) is 24.5 Å². The highest BCUT2D eigenvalue weighted by molar-refractivity contribution is 6.61. The quantitative estimate of drug-likeness (QED) is 0.472. The lowest BCUT2D eigenvalue weighted by Gasteiger charge is -2.19. The zero-order chi connectivity index (χ0) is 20.8. The van der Waals surface area contributed by atoms with E-state index in [0.717, 1.165) is 5.46 Å². The molecular formula is C18H18BN5O6. The van der Waals surface area contributed by atoms with Gasteiger partial charge in [-0.15, -0.1) is 0 Å². The van der Waals surface area contributed by atoms with Crippen molar-refractivity contribution in [1.82, 2.24) is 19.5 Å². The number of aliphatic hydroxyl groups excluding tert-OH is 1. The average Bonchev–Trinajstić information content (AvgIpc) is 3.41. The van der Waals surface area contributed by atoms with Crippen LogP contribution in [0.5, 0.6) is 0 Å². The summed E-state index contributed by atoms with van der Waals surface area (Å²) in [5, 5.41) is 12.2. The molecule has 1 unspecified atom stereocenters. The van der Waals surface area contributed by atoms with Crippen molar-refractivity contribution >= 4 is 35.6 Å². The number of anilines is 1. The van der Waals surface area contributed by atoms with E-state index in [2.05, 4.69) is 20.3 Å². The first-order chi connectivity index (χ1) is 14.5. The van der Waals surface area contributed by atoms with Gasteiger partial charge < -0.3 is 19.2 Å². The molecule has 3 N–H and O–H groups in total. The summed E-state index contributed by atoms with van der Waals surface area (Å²) in [7, 11) is -0.609. The third-order valence-corrected chi connectivity index (χ3v) is 5.10. The van der Waals surface area contributed by atoms with Crippen LogP contribution >= 0.6 is 0 Å². The molecule has 0 saturated carbocycles. The minimum absolute atomic E-state index is 0.000701. The van der Waals surface area contributed by atoms with Crippen molar-refractivity contribution in [1.29, 1.82) is 0 Å². The van der Waals surface area contributed by atoms with Gasteiger partial charge in [-0.2, -0.15) is 4.98 Å². The number of hydrogen-bond acceptors (Lipinski definition) is 8. The molecule has 2 aliphatic heterocycles. The van der Waals surface area contributed by atoms with Gasteiger partial charge >= 0.3 is 7.12 Å². The maximum absolute atomic E-state index is 12.3. The molecule has 2 aromatic heterocycles. The lowest BCUT2D eigenvalue weighted by Crippen LogP contribution is -2.36. The molecule has 0 bridgehead atoms. The number of amides is 1. The van der Waals surface area contributed by atoms with Crippen molar-refractivity contribution in [2.75, 3.05) is 11.9 Å². The van der Waals surface area contributed by atoms with Crippen LogP contribution in [0.25, 0.3) is 11.2 Å². The van der Waals surface area contributed by atoms with Crippen LogP contribution in [-0.4, -0.2) is 62.6 Å². The number of carbonyl (C=O) groups excluding carboxylic acids is 1. The molecule has 30 heavy (non-hydrogen) atoms.